The summed E-state index contributed by atoms with van der Waals surface area (Å²) >= 11 is 7.12. The Labute approximate surface area is 288 Å². The number of sulfonamides is 1. The Bertz CT molecular complexity index is 1760. The molecule has 1 aliphatic heterocycles. The van der Waals surface area contributed by atoms with E-state index < -0.39 is 69.2 Å². The van der Waals surface area contributed by atoms with E-state index in [4.69, 9.17) is 40.1 Å². The summed E-state index contributed by atoms with van der Waals surface area (Å²) in [5, 5.41) is 19.1. The second-order valence-electron chi connectivity index (χ2n) is 10.6. The minimum absolute atomic E-state index is 0.132. The van der Waals surface area contributed by atoms with Crippen molar-refractivity contribution in [3.05, 3.63) is 82.3 Å². The third kappa shape index (κ3) is 9.61. The highest BCUT2D eigenvalue weighted by Gasteiger charge is 2.49. The number of amides is 1. The zero-order chi connectivity index (χ0) is 35.9. The molecule has 3 aromatic rings. The molecule has 3 atom stereocenters. The highest BCUT2D eigenvalue weighted by atomic mass is 35.5. The molecule has 1 saturated heterocycles. The zero-order valence-electron chi connectivity index (χ0n) is 26.0. The lowest BCUT2D eigenvalue weighted by Gasteiger charge is -2.47. The van der Waals surface area contributed by atoms with Crippen molar-refractivity contribution in [2.24, 2.45) is 5.14 Å². The lowest BCUT2D eigenvalue weighted by atomic mass is 9.94. The predicted molar refractivity (Wildman–Crippen MR) is 171 cm³/mol. The molecule has 49 heavy (non-hydrogen) atoms. The molecule has 266 valence electrons. The van der Waals surface area contributed by atoms with Crippen molar-refractivity contribution in [3.63, 3.8) is 0 Å². The number of carbonyl (C=O) groups is 3. The van der Waals surface area contributed by atoms with E-state index in [1.165, 1.54) is 19.3 Å². The summed E-state index contributed by atoms with van der Waals surface area (Å²) in [5.74, 6) is -5.35. The molecule has 0 aliphatic carbocycles. The van der Waals surface area contributed by atoms with Gasteiger partial charge in [0.1, 0.15) is 28.9 Å². The van der Waals surface area contributed by atoms with Gasteiger partial charge in [0, 0.05) is 17.4 Å². The number of thioether (sulfide) groups is 1. The van der Waals surface area contributed by atoms with Crippen molar-refractivity contribution in [2.75, 3.05) is 36.8 Å². The number of nitrogens with two attached hydrogens (primary N) is 1. The lowest BCUT2D eigenvalue weighted by molar-refractivity contribution is -0.280. The summed E-state index contributed by atoms with van der Waals surface area (Å²) in [7, 11) is -4.27. The molecule has 1 amide bonds. The number of halogens is 3. The Hall–Kier alpha value is -3.94. The Morgan fingerprint density at radius 3 is 2.51 bits per heavy atom. The number of rotatable bonds is 13. The average molecular weight is 748 g/mol. The van der Waals surface area contributed by atoms with Crippen LogP contribution in [0.3, 0.4) is 0 Å². The molecule has 0 unspecified atom stereocenters. The van der Waals surface area contributed by atoms with Crippen molar-refractivity contribution in [3.8, 4) is 0 Å². The third-order valence-electron chi connectivity index (χ3n) is 7.20. The molecular weight excluding hydrogens is 716 g/mol. The fraction of sp³-hybridized carbons (Fsp3) is 0.367. The SMILES string of the molecule is C[C@@H]1CO[C@@](O)(c2cc(F)cc(F)c2)[C@H](C)N1C(=O)OCOC(=O)CSCCOC(=O)c1cc(S(N)(=O)=O)c(Cl)cc1NCc1ccco1. The molecule has 0 spiro atoms. The average Bonchev–Trinajstić information content (AvgIpc) is 3.54. The van der Waals surface area contributed by atoms with Crippen LogP contribution in [0.2, 0.25) is 5.02 Å². The van der Waals surface area contributed by atoms with E-state index >= 15 is 0 Å². The standard InChI is InChI=1S/C30H32ClF2N3O11S2/c1-17-14-47-30(40,19-8-20(32)10-21(33)9-19)18(2)36(17)29(39)46-16-45-27(37)15-48-7-6-44-28(38)23-11-26(49(34,41)42)24(31)12-25(23)35-13-22-4-3-5-43-22/h3-5,8-12,17-18,35,40H,6-7,13-16H2,1-2H3,(H2,34,41,42)/t17-,18+,30-/m1/s1. The molecular formula is C30H32ClF2N3O11S2. The van der Waals surface area contributed by atoms with Gasteiger partial charge in [0.15, 0.2) is 0 Å². The van der Waals surface area contributed by atoms with Gasteiger partial charge in [0.2, 0.25) is 22.6 Å². The monoisotopic (exact) mass is 747 g/mol. The van der Waals surface area contributed by atoms with Crippen molar-refractivity contribution in [2.45, 2.75) is 43.2 Å². The van der Waals surface area contributed by atoms with E-state index in [2.05, 4.69) is 5.32 Å². The molecule has 0 radical (unpaired) electrons. The van der Waals surface area contributed by atoms with Crippen LogP contribution in [0, 0.1) is 11.6 Å². The van der Waals surface area contributed by atoms with Gasteiger partial charge in [0.05, 0.1) is 53.5 Å². The highest BCUT2D eigenvalue weighted by molar-refractivity contribution is 7.99. The summed E-state index contributed by atoms with van der Waals surface area (Å²) < 4.78 is 77.5. The Morgan fingerprint density at radius 2 is 1.86 bits per heavy atom. The number of nitrogens with one attached hydrogen (secondary N) is 1. The van der Waals surface area contributed by atoms with Crippen LogP contribution in [0.4, 0.5) is 19.3 Å². The molecule has 0 saturated carbocycles. The van der Waals surface area contributed by atoms with Gasteiger partial charge < -0.3 is 33.8 Å². The summed E-state index contributed by atoms with van der Waals surface area (Å²) in [4.78, 5) is 38.5. The van der Waals surface area contributed by atoms with E-state index in [0.29, 0.717) is 11.8 Å². The lowest BCUT2D eigenvalue weighted by Crippen LogP contribution is -2.62. The van der Waals surface area contributed by atoms with Crippen LogP contribution in [-0.2, 0) is 46.1 Å². The van der Waals surface area contributed by atoms with Gasteiger partial charge in [-0.3, -0.25) is 9.69 Å². The van der Waals surface area contributed by atoms with Crippen LogP contribution in [0.5, 0.6) is 0 Å². The molecule has 0 bridgehead atoms. The first-order valence-corrected chi connectivity index (χ1v) is 17.5. The van der Waals surface area contributed by atoms with Crippen LogP contribution in [0.25, 0.3) is 0 Å². The van der Waals surface area contributed by atoms with Crippen LogP contribution in [0.15, 0.2) is 58.0 Å². The maximum absolute atomic E-state index is 13.8. The molecule has 1 aliphatic rings. The largest absolute Gasteiger partial charge is 0.467 e. The number of aliphatic hydroxyl groups is 1. The number of carbonyl (C=O) groups excluding carboxylic acids is 3. The van der Waals surface area contributed by atoms with Gasteiger partial charge in [-0.1, -0.05) is 11.6 Å². The molecule has 1 aromatic heterocycles. The molecule has 19 heteroatoms. The number of benzene rings is 2. The zero-order valence-corrected chi connectivity index (χ0v) is 28.4. The third-order valence-corrected chi connectivity index (χ3v) is 9.48. The number of hydrogen-bond donors (Lipinski definition) is 3. The second-order valence-corrected chi connectivity index (χ2v) is 13.7. The first-order valence-electron chi connectivity index (χ1n) is 14.4. The minimum atomic E-state index is -4.27. The van der Waals surface area contributed by atoms with Gasteiger partial charge >= 0.3 is 18.0 Å². The molecule has 4 rings (SSSR count). The predicted octanol–water partition coefficient (Wildman–Crippen LogP) is 3.95. The van der Waals surface area contributed by atoms with Crippen molar-refractivity contribution >= 4 is 57.1 Å². The fourth-order valence-corrected chi connectivity index (χ4v) is 6.51. The van der Waals surface area contributed by atoms with Crippen molar-refractivity contribution in [1.29, 1.82) is 0 Å². The maximum Gasteiger partial charge on any atom is 0.413 e. The number of anilines is 1. The molecule has 14 nitrogen and oxygen atoms in total. The van der Waals surface area contributed by atoms with Crippen LogP contribution >= 0.6 is 23.4 Å². The Morgan fingerprint density at radius 1 is 1.14 bits per heavy atom. The number of morpholine rings is 1. The van der Waals surface area contributed by atoms with E-state index in [1.807, 2.05) is 0 Å². The number of primary sulfonamides is 1. The van der Waals surface area contributed by atoms with Crippen LogP contribution in [-0.4, -0.2) is 80.1 Å². The van der Waals surface area contributed by atoms with Crippen LogP contribution in [0.1, 0.15) is 35.5 Å². The smallest absolute Gasteiger partial charge is 0.413 e. The number of hydrogen-bond acceptors (Lipinski definition) is 13. The normalized spacial score (nSPS) is 19.3. The van der Waals surface area contributed by atoms with Gasteiger partial charge in [-0.2, -0.15) is 0 Å². The second kappa shape index (κ2) is 16.2. The van der Waals surface area contributed by atoms with E-state index in [0.717, 1.165) is 34.9 Å². The molecule has 4 N–H and O–H groups in total. The summed E-state index contributed by atoms with van der Waals surface area (Å²) in [6.07, 6.45) is 0.481. The molecule has 2 heterocycles. The Kier molecular flexibility index (Phi) is 12.5. The van der Waals surface area contributed by atoms with E-state index in [9.17, 15) is 36.7 Å². The number of esters is 2. The van der Waals surface area contributed by atoms with Crippen molar-refractivity contribution in [1.82, 2.24) is 4.90 Å². The number of furan rings is 1. The fourth-order valence-electron chi connectivity index (χ4n) is 4.81. The van der Waals surface area contributed by atoms with E-state index in [-0.39, 0.29) is 53.1 Å². The Balaban J connectivity index is 1.23. The first-order chi connectivity index (χ1) is 23.1. The van der Waals surface area contributed by atoms with Gasteiger partial charge in [-0.25, -0.2) is 31.9 Å². The molecule has 1 fully saturated rings. The number of ether oxygens (including phenoxy) is 4. The maximum atomic E-state index is 13.8. The van der Waals surface area contributed by atoms with E-state index in [1.54, 1.807) is 19.1 Å². The van der Waals surface area contributed by atoms with Crippen LogP contribution < -0.4 is 10.5 Å². The first kappa shape index (κ1) is 37.9. The number of nitrogens with zero attached hydrogens (tertiary/aromatic N) is 1. The van der Waals surface area contributed by atoms with Gasteiger partial charge in [-0.05, 0) is 50.2 Å². The summed E-state index contributed by atoms with van der Waals surface area (Å²) in [6.45, 7) is 2.01. The molecule has 2 aromatic carbocycles. The quantitative estimate of drug-likeness (QED) is 0.129. The minimum Gasteiger partial charge on any atom is -0.467 e. The van der Waals surface area contributed by atoms with Gasteiger partial charge in [0.25, 0.3) is 0 Å². The highest BCUT2D eigenvalue weighted by Crippen LogP contribution is 2.36. The summed E-state index contributed by atoms with van der Waals surface area (Å²) in [5.41, 5.74) is -0.227. The van der Waals surface area contributed by atoms with Gasteiger partial charge in [-0.15, -0.1) is 11.8 Å². The van der Waals surface area contributed by atoms with Crippen molar-refractivity contribution < 1.29 is 60.1 Å². The topological polar surface area (TPSA) is 197 Å². The summed E-state index contributed by atoms with van der Waals surface area (Å²) in [6, 6.07) is 6.21.